The van der Waals surface area contributed by atoms with Crippen molar-refractivity contribution in [1.29, 1.82) is 5.26 Å². The highest BCUT2D eigenvalue weighted by Gasteiger charge is 2.15. The van der Waals surface area contributed by atoms with Crippen molar-refractivity contribution in [2.24, 2.45) is 0 Å². The van der Waals surface area contributed by atoms with Crippen LogP contribution in [0.25, 0.3) is 0 Å². The summed E-state index contributed by atoms with van der Waals surface area (Å²) >= 11 is 0. The SMILES string of the molecule is N#CN1CCC[C@@H](O)C1. The number of nitriles is 1. The Morgan fingerprint density at radius 2 is 2.44 bits per heavy atom. The van der Waals surface area contributed by atoms with Crippen molar-refractivity contribution in [3.05, 3.63) is 0 Å². The largest absolute Gasteiger partial charge is 0.391 e. The molecule has 3 heteroatoms. The molecule has 1 aliphatic rings. The minimum Gasteiger partial charge on any atom is -0.391 e. The van der Waals surface area contributed by atoms with Crippen molar-refractivity contribution >= 4 is 0 Å². The lowest BCUT2D eigenvalue weighted by Crippen LogP contribution is -2.34. The molecular weight excluding hydrogens is 116 g/mol. The molecule has 3 nitrogen and oxygen atoms in total. The first-order valence-electron chi connectivity index (χ1n) is 3.15. The van der Waals surface area contributed by atoms with E-state index in [2.05, 4.69) is 0 Å². The highest BCUT2D eigenvalue weighted by Crippen LogP contribution is 2.07. The van der Waals surface area contributed by atoms with E-state index in [-0.39, 0.29) is 6.10 Å². The standard InChI is InChI=1S/C6H10N2O/c7-5-8-3-1-2-6(9)4-8/h6,9H,1-4H2/t6-/m1/s1. The fraction of sp³-hybridized carbons (Fsp3) is 0.833. The number of rotatable bonds is 0. The second kappa shape index (κ2) is 2.70. The third-order valence-electron chi connectivity index (χ3n) is 1.54. The molecule has 0 amide bonds. The van der Waals surface area contributed by atoms with Gasteiger partial charge in [-0.05, 0) is 12.8 Å². The van der Waals surface area contributed by atoms with Gasteiger partial charge in [-0.25, -0.2) is 0 Å². The maximum atomic E-state index is 9.02. The number of hydrogen-bond donors (Lipinski definition) is 1. The maximum absolute atomic E-state index is 9.02. The van der Waals surface area contributed by atoms with Crippen molar-refractivity contribution in [3.63, 3.8) is 0 Å². The van der Waals surface area contributed by atoms with Gasteiger partial charge < -0.3 is 10.0 Å². The number of nitrogens with zero attached hydrogens (tertiary/aromatic N) is 2. The van der Waals surface area contributed by atoms with Gasteiger partial charge in [0.05, 0.1) is 12.6 Å². The predicted molar refractivity (Wildman–Crippen MR) is 32.4 cm³/mol. The van der Waals surface area contributed by atoms with E-state index in [0.717, 1.165) is 19.4 Å². The van der Waals surface area contributed by atoms with Crippen LogP contribution in [0.3, 0.4) is 0 Å². The van der Waals surface area contributed by atoms with Gasteiger partial charge in [0.1, 0.15) is 0 Å². The van der Waals surface area contributed by atoms with Gasteiger partial charge >= 0.3 is 0 Å². The van der Waals surface area contributed by atoms with E-state index < -0.39 is 0 Å². The zero-order valence-corrected chi connectivity index (χ0v) is 5.25. The van der Waals surface area contributed by atoms with E-state index in [1.165, 1.54) is 0 Å². The fourth-order valence-corrected chi connectivity index (χ4v) is 1.05. The third-order valence-corrected chi connectivity index (χ3v) is 1.54. The number of β-amino-alcohol motifs (C(OH)–C–C–N with tert-alkyl or cyclic N) is 1. The van der Waals surface area contributed by atoms with Crippen LogP contribution in [-0.2, 0) is 0 Å². The summed E-state index contributed by atoms with van der Waals surface area (Å²) in [5, 5.41) is 17.4. The van der Waals surface area contributed by atoms with E-state index in [1.807, 2.05) is 6.19 Å². The minimum atomic E-state index is -0.279. The average Bonchev–Trinajstić information content (AvgIpc) is 1.88. The van der Waals surface area contributed by atoms with Gasteiger partial charge in [-0.1, -0.05) is 0 Å². The minimum absolute atomic E-state index is 0.279. The van der Waals surface area contributed by atoms with Crippen LogP contribution in [-0.4, -0.2) is 29.2 Å². The number of likely N-dealkylation sites (tertiary alicyclic amines) is 1. The molecule has 50 valence electrons. The Hall–Kier alpha value is -0.750. The smallest absolute Gasteiger partial charge is 0.179 e. The molecule has 0 bridgehead atoms. The summed E-state index contributed by atoms with van der Waals surface area (Å²) in [6, 6.07) is 0. The van der Waals surface area contributed by atoms with Gasteiger partial charge in [0, 0.05) is 6.54 Å². The summed E-state index contributed by atoms with van der Waals surface area (Å²) in [5.74, 6) is 0. The van der Waals surface area contributed by atoms with Crippen LogP contribution in [0, 0.1) is 11.5 Å². The summed E-state index contributed by atoms with van der Waals surface area (Å²) in [6.45, 7) is 1.34. The third kappa shape index (κ3) is 1.58. The van der Waals surface area contributed by atoms with Gasteiger partial charge in [0.25, 0.3) is 0 Å². The second-order valence-electron chi connectivity index (χ2n) is 2.34. The molecule has 9 heavy (non-hydrogen) atoms. The summed E-state index contributed by atoms with van der Waals surface area (Å²) < 4.78 is 0. The lowest BCUT2D eigenvalue weighted by molar-refractivity contribution is 0.0977. The topological polar surface area (TPSA) is 47.3 Å². The van der Waals surface area contributed by atoms with Crippen LogP contribution in [0.2, 0.25) is 0 Å². The highest BCUT2D eigenvalue weighted by atomic mass is 16.3. The van der Waals surface area contributed by atoms with Gasteiger partial charge in [-0.3, -0.25) is 0 Å². The first-order valence-corrected chi connectivity index (χ1v) is 3.15. The molecular formula is C6H10N2O. The maximum Gasteiger partial charge on any atom is 0.179 e. The van der Waals surface area contributed by atoms with Crippen molar-refractivity contribution in [1.82, 2.24) is 4.90 Å². The van der Waals surface area contributed by atoms with Gasteiger partial charge in [-0.15, -0.1) is 0 Å². The van der Waals surface area contributed by atoms with E-state index in [9.17, 15) is 0 Å². The predicted octanol–water partition coefficient (Wildman–Crippen LogP) is -0.0758. The van der Waals surface area contributed by atoms with Crippen LogP contribution >= 0.6 is 0 Å². The van der Waals surface area contributed by atoms with Gasteiger partial charge in [0.15, 0.2) is 6.19 Å². The molecule has 1 saturated heterocycles. The molecule has 0 unspecified atom stereocenters. The van der Waals surface area contributed by atoms with Crippen molar-refractivity contribution in [3.8, 4) is 6.19 Å². The van der Waals surface area contributed by atoms with Gasteiger partial charge in [-0.2, -0.15) is 5.26 Å². The lowest BCUT2D eigenvalue weighted by atomic mass is 10.1. The lowest BCUT2D eigenvalue weighted by Gasteiger charge is -2.24. The quantitative estimate of drug-likeness (QED) is 0.462. The number of aliphatic hydroxyl groups is 1. The molecule has 1 fully saturated rings. The Bertz CT molecular complexity index is 130. The van der Waals surface area contributed by atoms with Crippen LogP contribution in [0.4, 0.5) is 0 Å². The molecule has 0 spiro atoms. The number of piperidine rings is 1. The summed E-state index contributed by atoms with van der Waals surface area (Å²) in [6.07, 6.45) is 3.51. The molecule has 0 aromatic rings. The zero-order valence-electron chi connectivity index (χ0n) is 5.25. The van der Waals surface area contributed by atoms with Crippen LogP contribution in [0.15, 0.2) is 0 Å². The molecule has 0 aromatic carbocycles. The number of aliphatic hydroxyl groups excluding tert-OH is 1. The molecule has 0 radical (unpaired) electrons. The first kappa shape index (κ1) is 6.37. The Kier molecular flexibility index (Phi) is 1.91. The zero-order chi connectivity index (χ0) is 6.69. The number of hydrogen-bond acceptors (Lipinski definition) is 3. The average molecular weight is 126 g/mol. The molecule has 0 aliphatic carbocycles. The summed E-state index contributed by atoms with van der Waals surface area (Å²) in [5.41, 5.74) is 0. The van der Waals surface area contributed by atoms with Crippen molar-refractivity contribution < 1.29 is 5.11 Å². The molecule has 0 saturated carbocycles. The second-order valence-corrected chi connectivity index (χ2v) is 2.34. The molecule has 1 atom stereocenters. The first-order chi connectivity index (χ1) is 4.33. The molecule has 0 aromatic heterocycles. The van der Waals surface area contributed by atoms with E-state index in [1.54, 1.807) is 4.90 Å². The van der Waals surface area contributed by atoms with Crippen molar-refractivity contribution in [2.75, 3.05) is 13.1 Å². The molecule has 1 rings (SSSR count). The van der Waals surface area contributed by atoms with Crippen molar-refractivity contribution in [2.45, 2.75) is 18.9 Å². The normalized spacial score (nSPS) is 27.6. The van der Waals surface area contributed by atoms with E-state index >= 15 is 0 Å². The van der Waals surface area contributed by atoms with Gasteiger partial charge in [0.2, 0.25) is 0 Å². The summed E-state index contributed by atoms with van der Waals surface area (Å²) in [7, 11) is 0. The highest BCUT2D eigenvalue weighted by molar-refractivity contribution is 4.80. The molecule has 1 heterocycles. The Labute approximate surface area is 54.5 Å². The van der Waals surface area contributed by atoms with Crippen LogP contribution in [0.5, 0.6) is 0 Å². The fourth-order valence-electron chi connectivity index (χ4n) is 1.05. The monoisotopic (exact) mass is 126 g/mol. The molecule has 1 aliphatic heterocycles. The van der Waals surface area contributed by atoms with Crippen LogP contribution in [0.1, 0.15) is 12.8 Å². The Balaban J connectivity index is 2.34. The Morgan fingerprint density at radius 3 is 2.89 bits per heavy atom. The van der Waals surface area contributed by atoms with Crippen LogP contribution < -0.4 is 0 Å². The summed E-state index contributed by atoms with van der Waals surface area (Å²) in [4.78, 5) is 1.59. The van der Waals surface area contributed by atoms with E-state index in [0.29, 0.717) is 6.54 Å². The molecule has 1 N–H and O–H groups in total. The van der Waals surface area contributed by atoms with E-state index in [4.69, 9.17) is 10.4 Å². The Morgan fingerprint density at radius 1 is 1.67 bits per heavy atom.